The van der Waals surface area contributed by atoms with Crippen LogP contribution in [-0.4, -0.2) is 33.7 Å². The van der Waals surface area contributed by atoms with Crippen molar-refractivity contribution in [1.29, 1.82) is 0 Å². The first kappa shape index (κ1) is 14.1. The predicted octanol–water partition coefficient (Wildman–Crippen LogP) is 1.19. The quantitative estimate of drug-likeness (QED) is 0.591. The molecule has 0 aliphatic carbocycles. The zero-order chi connectivity index (χ0) is 12.8. The number of ether oxygens (including phenoxy) is 1. The molecular formula is C10H18IN5O. The fraction of sp³-hybridized carbons (Fsp3) is 0.500. The van der Waals surface area contributed by atoms with E-state index in [2.05, 4.69) is 14.5 Å². The third-order valence-electron chi connectivity index (χ3n) is 2.14. The molecule has 0 aliphatic heterocycles. The minimum Gasteiger partial charge on any atom is -0.393 e. The summed E-state index contributed by atoms with van der Waals surface area (Å²) < 4.78 is 11.5. The van der Waals surface area contributed by atoms with Gasteiger partial charge >= 0.3 is 0 Å². The molecule has 0 saturated heterocycles. The summed E-state index contributed by atoms with van der Waals surface area (Å²) in [5.41, 5.74) is 11.9. The average Bonchev–Trinajstić information content (AvgIpc) is 2.30. The van der Waals surface area contributed by atoms with Crippen LogP contribution in [0, 0.1) is 0 Å². The maximum absolute atomic E-state index is 5.87. The molecule has 0 unspecified atom stereocenters. The van der Waals surface area contributed by atoms with Crippen molar-refractivity contribution < 1.29 is 4.74 Å². The summed E-state index contributed by atoms with van der Waals surface area (Å²) in [4.78, 5) is 8.01. The standard InChI is InChI=1S/C10H18IN5O/c1-4-17-7(2)5-16(11-3)10-8(12)9(13)14-6-15-10/h6-7H,3-5,12H2,1-2H3,(H2,13,14,15)/t7-/m1/s1. The van der Waals surface area contributed by atoms with Crippen LogP contribution >= 0.6 is 21.0 Å². The first-order chi connectivity index (χ1) is 8.10. The molecule has 0 spiro atoms. The van der Waals surface area contributed by atoms with Gasteiger partial charge in [-0.25, -0.2) is 9.97 Å². The van der Waals surface area contributed by atoms with E-state index in [0.29, 0.717) is 30.5 Å². The largest absolute Gasteiger partial charge is 0.393 e. The summed E-state index contributed by atoms with van der Waals surface area (Å²) >= 11 is -0.434. The number of nitrogens with zero attached hydrogens (tertiary/aromatic N) is 3. The minimum atomic E-state index is -0.434. The Balaban J connectivity index is 2.86. The van der Waals surface area contributed by atoms with Crippen LogP contribution in [-0.2, 0) is 4.74 Å². The van der Waals surface area contributed by atoms with Gasteiger partial charge in [-0.05, 0) is 39.4 Å². The Hall–Kier alpha value is -0.960. The van der Waals surface area contributed by atoms with E-state index in [9.17, 15) is 0 Å². The molecule has 1 aromatic heterocycles. The van der Waals surface area contributed by atoms with Crippen molar-refractivity contribution in [2.45, 2.75) is 20.0 Å². The molecule has 0 fully saturated rings. The highest BCUT2D eigenvalue weighted by molar-refractivity contribution is 14.2. The van der Waals surface area contributed by atoms with Crippen molar-refractivity contribution in [1.82, 2.24) is 9.97 Å². The smallest absolute Gasteiger partial charge is 0.165 e. The highest BCUT2D eigenvalue weighted by atomic mass is 127. The normalized spacial score (nSPS) is 12.4. The second-order valence-corrected chi connectivity index (χ2v) is 5.27. The highest BCUT2D eigenvalue weighted by Gasteiger charge is 2.14. The second-order valence-electron chi connectivity index (χ2n) is 3.43. The van der Waals surface area contributed by atoms with Gasteiger partial charge < -0.3 is 19.3 Å². The molecule has 0 aromatic carbocycles. The van der Waals surface area contributed by atoms with Gasteiger partial charge in [0, 0.05) is 6.61 Å². The summed E-state index contributed by atoms with van der Waals surface area (Å²) in [6.45, 7) is 5.38. The average molecular weight is 351 g/mol. The van der Waals surface area contributed by atoms with Crippen LogP contribution in [0.25, 0.3) is 0 Å². The van der Waals surface area contributed by atoms with E-state index in [1.54, 1.807) is 0 Å². The molecule has 96 valence electrons. The first-order valence-corrected chi connectivity index (χ1v) is 7.72. The van der Waals surface area contributed by atoms with Crippen LogP contribution in [0.2, 0.25) is 0 Å². The number of rotatable bonds is 6. The molecule has 4 N–H and O–H groups in total. The molecule has 1 rings (SSSR count). The summed E-state index contributed by atoms with van der Waals surface area (Å²) in [7, 11) is 0. The Bertz CT molecular complexity index is 387. The Morgan fingerprint density at radius 2 is 2.24 bits per heavy atom. The van der Waals surface area contributed by atoms with Crippen LogP contribution in [0.1, 0.15) is 13.8 Å². The lowest BCUT2D eigenvalue weighted by molar-refractivity contribution is 0.0840. The molecule has 0 aliphatic rings. The van der Waals surface area contributed by atoms with Crippen LogP contribution < -0.4 is 14.6 Å². The minimum absolute atomic E-state index is 0.108. The molecule has 0 bridgehead atoms. The Labute approximate surface area is 111 Å². The number of aromatic nitrogens is 2. The van der Waals surface area contributed by atoms with Gasteiger partial charge in [0.05, 0.1) is 12.6 Å². The molecule has 0 saturated carbocycles. The summed E-state index contributed by atoms with van der Waals surface area (Å²) in [5, 5.41) is 0. The highest BCUT2D eigenvalue weighted by Crippen LogP contribution is 2.28. The number of hydrogen-bond donors (Lipinski definition) is 2. The summed E-state index contributed by atoms with van der Waals surface area (Å²) in [6.07, 6.45) is 1.52. The van der Waals surface area contributed by atoms with E-state index in [0.717, 1.165) is 0 Å². The molecule has 1 atom stereocenters. The van der Waals surface area contributed by atoms with Crippen molar-refractivity contribution in [2.24, 2.45) is 0 Å². The summed E-state index contributed by atoms with van der Waals surface area (Å²) in [5.74, 6) is 0.966. The number of halogens is 1. The Morgan fingerprint density at radius 1 is 1.53 bits per heavy atom. The van der Waals surface area contributed by atoms with Crippen LogP contribution in [0.4, 0.5) is 17.3 Å². The van der Waals surface area contributed by atoms with Crippen molar-refractivity contribution in [3.05, 3.63) is 6.33 Å². The maximum atomic E-state index is 5.87. The van der Waals surface area contributed by atoms with Gasteiger partial charge in [-0.2, -0.15) is 0 Å². The van der Waals surface area contributed by atoms with Gasteiger partial charge in [0.2, 0.25) is 0 Å². The third kappa shape index (κ3) is 3.77. The SMILES string of the molecule is C=IN(C[C@@H](C)OCC)c1ncnc(N)c1N. The lowest BCUT2D eigenvalue weighted by Gasteiger charge is -2.23. The van der Waals surface area contributed by atoms with E-state index in [1.807, 2.05) is 17.0 Å². The lowest BCUT2D eigenvalue weighted by atomic mass is 10.3. The van der Waals surface area contributed by atoms with Crippen LogP contribution in [0.15, 0.2) is 6.33 Å². The molecule has 6 nitrogen and oxygen atoms in total. The van der Waals surface area contributed by atoms with Crippen LogP contribution in [0.3, 0.4) is 0 Å². The molecule has 7 heteroatoms. The van der Waals surface area contributed by atoms with Crippen molar-refractivity contribution in [3.8, 4) is 0 Å². The third-order valence-corrected chi connectivity index (χ3v) is 3.81. The molecule has 0 amide bonds. The van der Waals surface area contributed by atoms with Crippen molar-refractivity contribution >= 4 is 42.8 Å². The fourth-order valence-electron chi connectivity index (χ4n) is 1.35. The molecular weight excluding hydrogens is 333 g/mol. The van der Waals surface area contributed by atoms with E-state index in [1.165, 1.54) is 6.33 Å². The van der Waals surface area contributed by atoms with E-state index in [-0.39, 0.29) is 6.10 Å². The molecule has 1 heterocycles. The monoisotopic (exact) mass is 351 g/mol. The second kappa shape index (κ2) is 6.70. The number of nitrogens with two attached hydrogens (primary N) is 2. The fourth-order valence-corrected chi connectivity index (χ4v) is 2.89. The predicted molar refractivity (Wildman–Crippen MR) is 80.4 cm³/mol. The van der Waals surface area contributed by atoms with Crippen molar-refractivity contribution in [2.75, 3.05) is 27.7 Å². The first-order valence-electron chi connectivity index (χ1n) is 5.23. The number of hydrogen-bond acceptors (Lipinski definition) is 6. The topological polar surface area (TPSA) is 90.3 Å². The zero-order valence-corrected chi connectivity index (χ0v) is 12.2. The Morgan fingerprint density at radius 3 is 2.82 bits per heavy atom. The van der Waals surface area contributed by atoms with Crippen molar-refractivity contribution in [3.63, 3.8) is 0 Å². The molecule has 0 radical (unpaired) electrons. The maximum Gasteiger partial charge on any atom is 0.165 e. The van der Waals surface area contributed by atoms with Gasteiger partial charge in [0.25, 0.3) is 0 Å². The summed E-state index contributed by atoms with van der Waals surface area (Å²) in [6, 6.07) is 0. The van der Waals surface area contributed by atoms with Gasteiger partial charge in [-0.3, -0.25) is 0 Å². The lowest BCUT2D eigenvalue weighted by Crippen LogP contribution is -2.26. The van der Waals surface area contributed by atoms with Gasteiger partial charge in [0.15, 0.2) is 11.6 Å². The molecule has 1 aromatic rings. The van der Waals surface area contributed by atoms with Crippen LogP contribution in [0.5, 0.6) is 0 Å². The Kier molecular flexibility index (Phi) is 5.56. The van der Waals surface area contributed by atoms with E-state index >= 15 is 0 Å². The van der Waals surface area contributed by atoms with Gasteiger partial charge in [0.1, 0.15) is 12.0 Å². The molecule has 17 heavy (non-hydrogen) atoms. The number of anilines is 3. The van der Waals surface area contributed by atoms with Gasteiger partial charge in [-0.1, -0.05) is 0 Å². The van der Waals surface area contributed by atoms with E-state index in [4.69, 9.17) is 16.2 Å². The zero-order valence-electron chi connectivity index (χ0n) is 10.1. The number of nitrogen functional groups attached to an aromatic ring is 2. The van der Waals surface area contributed by atoms with E-state index < -0.39 is 21.0 Å². The van der Waals surface area contributed by atoms with Gasteiger partial charge in [-0.15, -0.1) is 0 Å².